The van der Waals surface area contributed by atoms with Gasteiger partial charge in [-0.2, -0.15) is 0 Å². The van der Waals surface area contributed by atoms with E-state index in [1.54, 1.807) is 0 Å². The Labute approximate surface area is 114 Å². The second-order valence-electron chi connectivity index (χ2n) is 6.14. The first kappa shape index (κ1) is 14.2. The van der Waals surface area contributed by atoms with Crippen molar-refractivity contribution in [3.05, 3.63) is 0 Å². The van der Waals surface area contributed by atoms with Gasteiger partial charge >= 0.3 is 12.0 Å². The van der Waals surface area contributed by atoms with Gasteiger partial charge in [0.1, 0.15) is 0 Å². The number of urea groups is 1. The average Bonchev–Trinajstić information content (AvgIpc) is 2.82. The standard InChI is InChI=1S/C14H24N2O3/c17-12(18)8-14(6-3-7-14)10-16-13(19)15-9-11-4-1-2-5-11/h11H,1-10H2,(H,17,18)(H2,15,16,19). The molecular formula is C14H24N2O3. The number of carbonyl (C=O) groups excluding carboxylic acids is 1. The largest absolute Gasteiger partial charge is 0.481 e. The van der Waals surface area contributed by atoms with Gasteiger partial charge in [-0.15, -0.1) is 0 Å². The lowest BCUT2D eigenvalue weighted by molar-refractivity contribution is -0.141. The fraction of sp³-hybridized carbons (Fsp3) is 0.857. The van der Waals surface area contributed by atoms with Gasteiger partial charge in [-0.25, -0.2) is 4.79 Å². The molecule has 0 aromatic rings. The Morgan fingerprint density at radius 1 is 1.11 bits per heavy atom. The van der Waals surface area contributed by atoms with Crippen LogP contribution in [0.1, 0.15) is 51.4 Å². The Balaban J connectivity index is 1.65. The number of nitrogens with one attached hydrogen (secondary N) is 2. The number of rotatable bonds is 6. The highest BCUT2D eigenvalue weighted by Crippen LogP contribution is 2.43. The number of aliphatic carboxylic acids is 1. The Morgan fingerprint density at radius 2 is 1.79 bits per heavy atom. The highest BCUT2D eigenvalue weighted by Gasteiger charge is 2.39. The number of carbonyl (C=O) groups is 2. The summed E-state index contributed by atoms with van der Waals surface area (Å²) in [5, 5.41) is 14.6. The lowest BCUT2D eigenvalue weighted by Crippen LogP contribution is -2.47. The molecule has 0 spiro atoms. The van der Waals surface area contributed by atoms with E-state index in [1.807, 2.05) is 0 Å². The fourth-order valence-electron chi connectivity index (χ4n) is 3.20. The fourth-order valence-corrected chi connectivity index (χ4v) is 3.20. The molecule has 2 saturated carbocycles. The molecule has 0 aliphatic heterocycles. The van der Waals surface area contributed by atoms with Gasteiger partial charge in [-0.05, 0) is 37.0 Å². The first-order valence-electron chi connectivity index (χ1n) is 7.33. The summed E-state index contributed by atoms with van der Waals surface area (Å²) in [4.78, 5) is 22.5. The second kappa shape index (κ2) is 6.26. The molecule has 19 heavy (non-hydrogen) atoms. The molecule has 2 aliphatic rings. The van der Waals surface area contributed by atoms with Gasteiger partial charge in [0.05, 0.1) is 6.42 Å². The van der Waals surface area contributed by atoms with Gasteiger partial charge in [0.25, 0.3) is 0 Å². The molecule has 2 amide bonds. The number of hydrogen-bond donors (Lipinski definition) is 3. The summed E-state index contributed by atoms with van der Waals surface area (Å²) < 4.78 is 0. The number of amides is 2. The molecule has 0 radical (unpaired) electrons. The van der Waals surface area contributed by atoms with Gasteiger partial charge in [0.15, 0.2) is 0 Å². The SMILES string of the molecule is O=C(O)CC1(CNC(=O)NCC2CCCC2)CCC1. The van der Waals surface area contributed by atoms with Gasteiger partial charge in [0, 0.05) is 13.1 Å². The highest BCUT2D eigenvalue weighted by atomic mass is 16.4. The molecule has 0 heterocycles. The van der Waals surface area contributed by atoms with E-state index in [0.29, 0.717) is 12.5 Å². The molecule has 2 fully saturated rings. The quantitative estimate of drug-likeness (QED) is 0.690. The smallest absolute Gasteiger partial charge is 0.314 e. The van der Waals surface area contributed by atoms with Gasteiger partial charge < -0.3 is 15.7 Å². The van der Waals surface area contributed by atoms with Crippen molar-refractivity contribution in [2.75, 3.05) is 13.1 Å². The highest BCUT2D eigenvalue weighted by molar-refractivity contribution is 5.74. The van der Waals surface area contributed by atoms with Crippen molar-refractivity contribution in [3.8, 4) is 0 Å². The lowest BCUT2D eigenvalue weighted by atomic mass is 9.66. The maximum absolute atomic E-state index is 11.7. The molecule has 5 heteroatoms. The Hall–Kier alpha value is -1.26. The van der Waals surface area contributed by atoms with Crippen molar-refractivity contribution in [1.29, 1.82) is 0 Å². The van der Waals surface area contributed by atoms with E-state index in [2.05, 4.69) is 10.6 Å². The van der Waals surface area contributed by atoms with Crippen LogP contribution in [0, 0.1) is 11.3 Å². The van der Waals surface area contributed by atoms with Crippen LogP contribution in [-0.2, 0) is 4.79 Å². The van der Waals surface area contributed by atoms with Crippen LogP contribution in [0.5, 0.6) is 0 Å². The molecule has 0 aromatic heterocycles. The number of hydrogen-bond acceptors (Lipinski definition) is 2. The third-order valence-corrected chi connectivity index (χ3v) is 4.59. The minimum Gasteiger partial charge on any atom is -0.481 e. The van der Waals surface area contributed by atoms with Crippen LogP contribution in [0.15, 0.2) is 0 Å². The van der Waals surface area contributed by atoms with Crippen LogP contribution in [0.3, 0.4) is 0 Å². The molecule has 108 valence electrons. The summed E-state index contributed by atoms with van der Waals surface area (Å²) >= 11 is 0. The second-order valence-corrected chi connectivity index (χ2v) is 6.14. The van der Waals surface area contributed by atoms with Crippen LogP contribution >= 0.6 is 0 Å². The Bertz CT molecular complexity index is 334. The molecular weight excluding hydrogens is 244 g/mol. The van der Waals surface area contributed by atoms with E-state index >= 15 is 0 Å². The van der Waals surface area contributed by atoms with Crippen LogP contribution in [0.25, 0.3) is 0 Å². The first-order valence-corrected chi connectivity index (χ1v) is 7.33. The minimum absolute atomic E-state index is 0.149. The first-order chi connectivity index (χ1) is 9.10. The molecule has 0 aromatic carbocycles. The molecule has 0 bridgehead atoms. The van der Waals surface area contributed by atoms with Crippen molar-refractivity contribution < 1.29 is 14.7 Å². The Kier molecular flexibility index (Phi) is 4.66. The van der Waals surface area contributed by atoms with Crippen LogP contribution in [-0.4, -0.2) is 30.2 Å². The van der Waals surface area contributed by atoms with Crippen molar-refractivity contribution in [1.82, 2.24) is 10.6 Å². The maximum atomic E-state index is 11.7. The summed E-state index contributed by atoms with van der Waals surface area (Å²) in [5.41, 5.74) is -0.198. The average molecular weight is 268 g/mol. The van der Waals surface area contributed by atoms with E-state index in [4.69, 9.17) is 5.11 Å². The topological polar surface area (TPSA) is 78.4 Å². The molecule has 0 unspecified atom stereocenters. The summed E-state index contributed by atoms with van der Waals surface area (Å²) in [6.45, 7) is 1.23. The molecule has 0 saturated heterocycles. The Morgan fingerprint density at radius 3 is 2.32 bits per heavy atom. The van der Waals surface area contributed by atoms with Crippen molar-refractivity contribution in [2.24, 2.45) is 11.3 Å². The van der Waals surface area contributed by atoms with Gasteiger partial charge in [0.2, 0.25) is 0 Å². The van der Waals surface area contributed by atoms with Crippen LogP contribution < -0.4 is 10.6 Å². The summed E-state index contributed by atoms with van der Waals surface area (Å²) in [7, 11) is 0. The van der Waals surface area contributed by atoms with Crippen molar-refractivity contribution in [2.45, 2.75) is 51.4 Å². The van der Waals surface area contributed by atoms with Gasteiger partial charge in [-0.3, -0.25) is 4.79 Å². The zero-order valence-electron chi connectivity index (χ0n) is 11.4. The van der Waals surface area contributed by atoms with Crippen LogP contribution in [0.2, 0.25) is 0 Å². The zero-order valence-corrected chi connectivity index (χ0v) is 11.4. The van der Waals surface area contributed by atoms with Gasteiger partial charge in [-0.1, -0.05) is 19.3 Å². The predicted molar refractivity (Wildman–Crippen MR) is 71.9 cm³/mol. The van der Waals surface area contributed by atoms with E-state index in [9.17, 15) is 9.59 Å². The van der Waals surface area contributed by atoms with E-state index in [-0.39, 0.29) is 17.9 Å². The van der Waals surface area contributed by atoms with Crippen molar-refractivity contribution in [3.63, 3.8) is 0 Å². The third-order valence-electron chi connectivity index (χ3n) is 4.59. The maximum Gasteiger partial charge on any atom is 0.314 e. The summed E-state index contributed by atoms with van der Waals surface area (Å²) in [6, 6.07) is -0.149. The molecule has 2 rings (SSSR count). The predicted octanol–water partition coefficient (Wildman–Crippen LogP) is 2.12. The van der Waals surface area contributed by atoms with Crippen LogP contribution in [0.4, 0.5) is 4.79 Å². The summed E-state index contributed by atoms with van der Waals surface area (Å²) in [5.74, 6) is -0.143. The lowest BCUT2D eigenvalue weighted by Gasteiger charge is -2.40. The molecule has 0 atom stereocenters. The minimum atomic E-state index is -0.770. The number of carboxylic acids is 1. The third kappa shape index (κ3) is 4.11. The normalized spacial score (nSPS) is 21.7. The monoisotopic (exact) mass is 268 g/mol. The van der Waals surface area contributed by atoms with Crippen molar-refractivity contribution >= 4 is 12.0 Å². The molecule has 3 N–H and O–H groups in total. The van der Waals surface area contributed by atoms with E-state index in [1.165, 1.54) is 25.7 Å². The number of carboxylic acid groups (broad SMARTS) is 1. The summed E-state index contributed by atoms with van der Waals surface area (Å²) in [6.07, 6.45) is 8.01. The van der Waals surface area contributed by atoms with E-state index in [0.717, 1.165) is 25.8 Å². The molecule has 2 aliphatic carbocycles. The van der Waals surface area contributed by atoms with E-state index < -0.39 is 5.97 Å². The molecule has 5 nitrogen and oxygen atoms in total. The zero-order chi connectivity index (χ0) is 13.7.